The molecule has 1 aliphatic rings. The minimum atomic E-state index is -3.12. The van der Waals surface area contributed by atoms with Crippen molar-refractivity contribution in [1.29, 1.82) is 0 Å². The first-order valence-corrected chi connectivity index (χ1v) is 8.26. The molecule has 1 unspecified atom stereocenters. The van der Waals surface area contributed by atoms with E-state index in [0.717, 1.165) is 19.4 Å². The van der Waals surface area contributed by atoms with Gasteiger partial charge in [-0.25, -0.2) is 12.7 Å². The Hall–Kier alpha value is -0.370. The first-order chi connectivity index (χ1) is 8.45. The molecule has 0 radical (unpaired) electrons. The lowest BCUT2D eigenvalue weighted by Gasteiger charge is -2.18. The van der Waals surface area contributed by atoms with Gasteiger partial charge in [-0.3, -0.25) is 4.79 Å². The predicted octanol–water partition coefficient (Wildman–Crippen LogP) is -0.0520. The van der Waals surface area contributed by atoms with Crippen molar-refractivity contribution < 1.29 is 13.2 Å². The number of amides is 1. The second kappa shape index (κ2) is 8.73. The van der Waals surface area contributed by atoms with Gasteiger partial charge in [-0.05, 0) is 25.8 Å². The summed E-state index contributed by atoms with van der Waals surface area (Å²) in [7, 11) is -3.12. The Balaban J connectivity index is 0.00000324. The van der Waals surface area contributed by atoms with Gasteiger partial charge >= 0.3 is 0 Å². The molecule has 0 aromatic carbocycles. The Labute approximate surface area is 121 Å². The van der Waals surface area contributed by atoms with Crippen molar-refractivity contribution in [2.24, 2.45) is 0 Å². The number of rotatable bonds is 7. The van der Waals surface area contributed by atoms with E-state index < -0.39 is 10.0 Å². The van der Waals surface area contributed by atoms with Gasteiger partial charge in [0, 0.05) is 19.6 Å². The zero-order valence-electron chi connectivity index (χ0n) is 11.5. The number of carbonyl (C=O) groups excluding carboxylic acids is 1. The van der Waals surface area contributed by atoms with Gasteiger partial charge in [0.05, 0.1) is 12.3 Å². The van der Waals surface area contributed by atoms with Gasteiger partial charge in [-0.1, -0.05) is 6.92 Å². The number of hydrogen-bond acceptors (Lipinski definition) is 4. The van der Waals surface area contributed by atoms with Gasteiger partial charge < -0.3 is 10.6 Å². The van der Waals surface area contributed by atoms with Gasteiger partial charge in [-0.2, -0.15) is 0 Å². The number of hydrogen-bond donors (Lipinski definition) is 2. The van der Waals surface area contributed by atoms with Crippen molar-refractivity contribution in [3.63, 3.8) is 0 Å². The van der Waals surface area contributed by atoms with E-state index in [0.29, 0.717) is 26.1 Å². The predicted molar refractivity (Wildman–Crippen MR) is 78.0 cm³/mol. The van der Waals surface area contributed by atoms with Crippen LogP contribution in [0.2, 0.25) is 0 Å². The van der Waals surface area contributed by atoms with Gasteiger partial charge in [0.2, 0.25) is 15.9 Å². The maximum atomic E-state index is 11.7. The SMILES string of the molecule is CCN(CCCNC(=O)C1CCCN1)S(C)(=O)=O.Cl. The fraction of sp³-hybridized carbons (Fsp3) is 0.909. The normalized spacial score (nSPS) is 19.2. The first kappa shape index (κ1) is 18.6. The summed E-state index contributed by atoms with van der Waals surface area (Å²) < 4.78 is 24.1. The summed E-state index contributed by atoms with van der Waals surface area (Å²) in [5.74, 6) is 0.0231. The summed E-state index contributed by atoms with van der Waals surface area (Å²) in [6, 6.07) is -0.0674. The van der Waals surface area contributed by atoms with E-state index in [1.54, 1.807) is 0 Å². The Bertz CT molecular complexity index is 369. The highest BCUT2D eigenvalue weighted by atomic mass is 35.5. The van der Waals surface area contributed by atoms with Crippen LogP contribution in [0.5, 0.6) is 0 Å². The summed E-state index contributed by atoms with van der Waals surface area (Å²) in [4.78, 5) is 11.7. The molecule has 1 rings (SSSR count). The van der Waals surface area contributed by atoms with E-state index in [1.165, 1.54) is 10.6 Å². The zero-order chi connectivity index (χ0) is 13.6. The van der Waals surface area contributed by atoms with Gasteiger partial charge in [0.25, 0.3) is 0 Å². The molecule has 0 aliphatic carbocycles. The molecule has 1 atom stereocenters. The Morgan fingerprint density at radius 1 is 1.47 bits per heavy atom. The highest BCUT2D eigenvalue weighted by Gasteiger charge is 2.21. The van der Waals surface area contributed by atoms with E-state index in [4.69, 9.17) is 0 Å². The number of halogens is 1. The molecule has 0 aromatic rings. The van der Waals surface area contributed by atoms with Crippen LogP contribution in [0.25, 0.3) is 0 Å². The molecule has 1 saturated heterocycles. The number of carbonyl (C=O) groups is 1. The molecule has 0 bridgehead atoms. The third-order valence-electron chi connectivity index (χ3n) is 3.08. The molecular weight excluding hydrogens is 290 g/mol. The van der Waals surface area contributed by atoms with Crippen molar-refractivity contribution in [1.82, 2.24) is 14.9 Å². The molecule has 1 amide bonds. The van der Waals surface area contributed by atoms with Gasteiger partial charge in [0.1, 0.15) is 0 Å². The molecule has 0 saturated carbocycles. The minimum Gasteiger partial charge on any atom is -0.355 e. The van der Waals surface area contributed by atoms with E-state index >= 15 is 0 Å². The Morgan fingerprint density at radius 3 is 2.63 bits per heavy atom. The molecule has 8 heteroatoms. The standard InChI is InChI=1S/C11H23N3O3S.ClH/c1-3-14(18(2,16)17)9-5-8-13-11(15)10-6-4-7-12-10;/h10,12H,3-9H2,1-2H3,(H,13,15);1H. The third kappa shape index (κ3) is 6.56. The van der Waals surface area contributed by atoms with Crippen LogP contribution >= 0.6 is 12.4 Å². The molecule has 1 heterocycles. The van der Waals surface area contributed by atoms with E-state index in [9.17, 15) is 13.2 Å². The fourth-order valence-corrected chi connectivity index (χ4v) is 2.99. The van der Waals surface area contributed by atoms with Crippen LogP contribution in [0.15, 0.2) is 0 Å². The number of nitrogens with one attached hydrogen (secondary N) is 2. The molecule has 114 valence electrons. The maximum absolute atomic E-state index is 11.7. The zero-order valence-corrected chi connectivity index (χ0v) is 13.1. The van der Waals surface area contributed by atoms with Crippen LogP contribution in [0, 0.1) is 0 Å². The molecular formula is C11H24ClN3O3S. The summed E-state index contributed by atoms with van der Waals surface area (Å²) in [5, 5.41) is 5.96. The van der Waals surface area contributed by atoms with Crippen molar-refractivity contribution >= 4 is 28.3 Å². The number of sulfonamides is 1. The van der Waals surface area contributed by atoms with Crippen LogP contribution in [0.4, 0.5) is 0 Å². The third-order valence-corrected chi connectivity index (χ3v) is 4.46. The Kier molecular flexibility index (Phi) is 8.56. The molecule has 2 N–H and O–H groups in total. The highest BCUT2D eigenvalue weighted by molar-refractivity contribution is 7.88. The van der Waals surface area contributed by atoms with Crippen LogP contribution < -0.4 is 10.6 Å². The quantitative estimate of drug-likeness (QED) is 0.646. The lowest BCUT2D eigenvalue weighted by molar-refractivity contribution is -0.122. The molecule has 0 aromatic heterocycles. The van der Waals surface area contributed by atoms with Gasteiger partial charge in [0.15, 0.2) is 0 Å². The van der Waals surface area contributed by atoms with Crippen LogP contribution in [0.1, 0.15) is 26.2 Å². The topological polar surface area (TPSA) is 78.5 Å². The second-order valence-corrected chi connectivity index (χ2v) is 6.53. The van der Waals surface area contributed by atoms with Gasteiger partial charge in [-0.15, -0.1) is 12.4 Å². The van der Waals surface area contributed by atoms with Crippen molar-refractivity contribution in [3.8, 4) is 0 Å². The summed E-state index contributed by atoms with van der Waals surface area (Å²) in [6.45, 7) is 4.14. The largest absolute Gasteiger partial charge is 0.355 e. The smallest absolute Gasteiger partial charge is 0.237 e. The molecule has 0 spiro atoms. The van der Waals surface area contributed by atoms with Crippen molar-refractivity contribution in [2.45, 2.75) is 32.2 Å². The van der Waals surface area contributed by atoms with E-state index in [2.05, 4.69) is 10.6 Å². The van der Waals surface area contributed by atoms with E-state index in [-0.39, 0.29) is 24.4 Å². The first-order valence-electron chi connectivity index (χ1n) is 6.41. The maximum Gasteiger partial charge on any atom is 0.237 e. The lowest BCUT2D eigenvalue weighted by atomic mass is 10.2. The molecule has 19 heavy (non-hydrogen) atoms. The molecule has 1 aliphatic heterocycles. The number of nitrogens with zero attached hydrogens (tertiary/aromatic N) is 1. The molecule has 6 nitrogen and oxygen atoms in total. The average Bonchev–Trinajstić information content (AvgIpc) is 2.80. The van der Waals surface area contributed by atoms with E-state index in [1.807, 2.05) is 6.92 Å². The van der Waals surface area contributed by atoms with Crippen LogP contribution in [-0.2, 0) is 14.8 Å². The fourth-order valence-electron chi connectivity index (χ4n) is 2.06. The van der Waals surface area contributed by atoms with Crippen LogP contribution in [-0.4, -0.2) is 57.1 Å². The summed E-state index contributed by atoms with van der Waals surface area (Å²) in [5.41, 5.74) is 0. The summed E-state index contributed by atoms with van der Waals surface area (Å²) in [6.07, 6.45) is 3.77. The minimum absolute atomic E-state index is 0. The van der Waals surface area contributed by atoms with Crippen LogP contribution in [0.3, 0.4) is 0 Å². The lowest BCUT2D eigenvalue weighted by Crippen LogP contribution is -2.41. The monoisotopic (exact) mass is 313 g/mol. The summed E-state index contributed by atoms with van der Waals surface area (Å²) >= 11 is 0. The average molecular weight is 314 g/mol. The highest BCUT2D eigenvalue weighted by Crippen LogP contribution is 2.04. The van der Waals surface area contributed by atoms with Crippen molar-refractivity contribution in [3.05, 3.63) is 0 Å². The Morgan fingerprint density at radius 2 is 2.16 bits per heavy atom. The molecule has 1 fully saturated rings. The van der Waals surface area contributed by atoms with Crippen molar-refractivity contribution in [2.75, 3.05) is 32.4 Å². The second-order valence-electron chi connectivity index (χ2n) is 4.55.